The Kier molecular flexibility index (Phi) is 2.42. The first-order valence-corrected chi connectivity index (χ1v) is 5.55. The van der Waals surface area contributed by atoms with Crippen LogP contribution in [-0.2, 0) is 4.79 Å². The fourth-order valence-corrected chi connectivity index (χ4v) is 3.34. The molecule has 68 valence electrons. The Hall–Kier alpha value is -0.0200. The van der Waals surface area contributed by atoms with E-state index in [0.717, 1.165) is 5.92 Å². The fourth-order valence-electron chi connectivity index (χ4n) is 2.23. The molecular weight excluding hydrogens is 170 g/mol. The molecule has 2 bridgehead atoms. The van der Waals surface area contributed by atoms with E-state index in [4.69, 9.17) is 0 Å². The Bertz CT molecular complexity index is 187. The van der Waals surface area contributed by atoms with E-state index in [9.17, 15) is 4.79 Å². The van der Waals surface area contributed by atoms with E-state index in [2.05, 4.69) is 4.90 Å². The maximum absolute atomic E-state index is 10.9. The van der Waals surface area contributed by atoms with Crippen molar-refractivity contribution in [3.05, 3.63) is 0 Å². The van der Waals surface area contributed by atoms with E-state index in [1.165, 1.54) is 44.1 Å². The van der Waals surface area contributed by atoms with E-state index >= 15 is 0 Å². The summed E-state index contributed by atoms with van der Waals surface area (Å²) >= 11 is 1.53. The summed E-state index contributed by atoms with van der Waals surface area (Å²) in [5.41, 5.74) is 0. The summed E-state index contributed by atoms with van der Waals surface area (Å²) in [6, 6.07) is 0. The lowest BCUT2D eigenvalue weighted by Gasteiger charge is -2.44. The van der Waals surface area contributed by atoms with Crippen molar-refractivity contribution in [3.8, 4) is 0 Å². The van der Waals surface area contributed by atoms with Crippen molar-refractivity contribution in [1.82, 2.24) is 4.90 Å². The highest BCUT2D eigenvalue weighted by atomic mass is 32.2. The monoisotopic (exact) mass is 185 g/mol. The van der Waals surface area contributed by atoms with Crippen molar-refractivity contribution >= 4 is 16.9 Å². The lowest BCUT2D eigenvalue weighted by molar-refractivity contribution is -0.109. The van der Waals surface area contributed by atoms with Gasteiger partial charge in [-0.25, -0.2) is 0 Å². The van der Waals surface area contributed by atoms with Crippen LogP contribution in [0.15, 0.2) is 0 Å². The molecule has 0 spiro atoms. The highest BCUT2D eigenvalue weighted by Crippen LogP contribution is 2.36. The fraction of sp³-hybridized carbons (Fsp3) is 0.889. The van der Waals surface area contributed by atoms with Crippen LogP contribution in [0.1, 0.15) is 26.2 Å². The standard InChI is InChI=1S/C9H15NOS/c1-7(11)12-9-6-8-2-4-10(9)5-3-8/h8-9H,2-6H2,1H3. The Balaban J connectivity index is 1.95. The third kappa shape index (κ3) is 1.67. The number of thioether (sulfide) groups is 1. The predicted octanol–water partition coefficient (Wildman–Crippen LogP) is 1.71. The number of hydrogen-bond acceptors (Lipinski definition) is 3. The lowest BCUT2D eigenvalue weighted by atomic mass is 9.88. The summed E-state index contributed by atoms with van der Waals surface area (Å²) in [4.78, 5) is 13.4. The number of hydrogen-bond donors (Lipinski definition) is 0. The SMILES string of the molecule is CC(=O)SC1CC2CCN1CC2. The first kappa shape index (κ1) is 8.57. The number of nitrogens with zero attached hydrogens (tertiary/aromatic N) is 1. The molecule has 0 aromatic rings. The maximum Gasteiger partial charge on any atom is 0.187 e. The second-order valence-corrected chi connectivity index (χ2v) is 5.13. The zero-order chi connectivity index (χ0) is 8.55. The van der Waals surface area contributed by atoms with Crippen molar-refractivity contribution < 1.29 is 4.79 Å². The van der Waals surface area contributed by atoms with Gasteiger partial charge < -0.3 is 0 Å². The van der Waals surface area contributed by atoms with E-state index in [-0.39, 0.29) is 5.12 Å². The second kappa shape index (κ2) is 3.38. The minimum absolute atomic E-state index is 0.271. The van der Waals surface area contributed by atoms with E-state index < -0.39 is 0 Å². The summed E-state index contributed by atoms with van der Waals surface area (Å²) in [5.74, 6) is 0.909. The third-order valence-corrected chi connectivity index (χ3v) is 3.99. The molecular formula is C9H15NOS. The number of rotatable bonds is 1. The molecule has 1 atom stereocenters. The van der Waals surface area contributed by atoms with Crippen LogP contribution in [0.2, 0.25) is 0 Å². The van der Waals surface area contributed by atoms with Gasteiger partial charge in [0.2, 0.25) is 0 Å². The Morgan fingerprint density at radius 1 is 1.42 bits per heavy atom. The summed E-state index contributed by atoms with van der Waals surface area (Å²) in [6.45, 7) is 4.11. The molecule has 0 aliphatic carbocycles. The number of fused-ring (bicyclic) bond motifs is 3. The molecule has 3 aliphatic heterocycles. The molecule has 2 nitrogen and oxygen atoms in total. The van der Waals surface area contributed by atoms with Gasteiger partial charge in [0.25, 0.3) is 0 Å². The first-order valence-electron chi connectivity index (χ1n) is 4.67. The van der Waals surface area contributed by atoms with Crippen LogP contribution in [0.3, 0.4) is 0 Å². The number of carbonyl (C=O) groups excluding carboxylic acids is 1. The third-order valence-electron chi connectivity index (χ3n) is 2.89. The van der Waals surface area contributed by atoms with Crippen LogP contribution in [0.5, 0.6) is 0 Å². The second-order valence-electron chi connectivity index (χ2n) is 3.78. The predicted molar refractivity (Wildman–Crippen MR) is 51.0 cm³/mol. The van der Waals surface area contributed by atoms with Crippen molar-refractivity contribution in [1.29, 1.82) is 0 Å². The summed E-state index contributed by atoms with van der Waals surface area (Å²) in [5, 5.41) is 0.780. The van der Waals surface area contributed by atoms with E-state index in [1.54, 1.807) is 6.92 Å². The van der Waals surface area contributed by atoms with Crippen LogP contribution in [0, 0.1) is 5.92 Å². The van der Waals surface area contributed by atoms with Gasteiger partial charge in [-0.1, -0.05) is 11.8 Å². The van der Waals surface area contributed by atoms with Crippen LogP contribution < -0.4 is 0 Å². The molecule has 3 saturated heterocycles. The molecule has 3 heterocycles. The van der Waals surface area contributed by atoms with E-state index in [1.807, 2.05) is 0 Å². The van der Waals surface area contributed by atoms with Crippen LogP contribution in [0.25, 0.3) is 0 Å². The smallest absolute Gasteiger partial charge is 0.187 e. The van der Waals surface area contributed by atoms with Gasteiger partial charge in [0.1, 0.15) is 0 Å². The van der Waals surface area contributed by atoms with Gasteiger partial charge in [0.05, 0.1) is 5.37 Å². The molecule has 0 saturated carbocycles. The highest BCUT2D eigenvalue weighted by molar-refractivity contribution is 8.14. The average Bonchev–Trinajstić information content (AvgIpc) is 2.05. The molecule has 12 heavy (non-hydrogen) atoms. The molecule has 0 aromatic heterocycles. The highest BCUT2D eigenvalue weighted by Gasteiger charge is 2.34. The first-order chi connectivity index (χ1) is 5.75. The zero-order valence-electron chi connectivity index (χ0n) is 7.45. The van der Waals surface area contributed by atoms with Crippen molar-refractivity contribution in [2.45, 2.75) is 31.6 Å². The lowest BCUT2D eigenvalue weighted by Crippen LogP contribution is -2.47. The van der Waals surface area contributed by atoms with Gasteiger partial charge in [-0.05, 0) is 38.3 Å². The van der Waals surface area contributed by atoms with Gasteiger partial charge in [-0.2, -0.15) is 0 Å². The van der Waals surface area contributed by atoms with Gasteiger partial charge >= 0.3 is 0 Å². The molecule has 3 aliphatic rings. The largest absolute Gasteiger partial charge is 0.291 e. The van der Waals surface area contributed by atoms with E-state index in [0.29, 0.717) is 5.37 Å². The maximum atomic E-state index is 10.9. The molecule has 3 rings (SSSR count). The van der Waals surface area contributed by atoms with Gasteiger partial charge in [0, 0.05) is 6.92 Å². The molecule has 0 radical (unpaired) electrons. The van der Waals surface area contributed by atoms with Crippen LogP contribution in [0.4, 0.5) is 0 Å². The van der Waals surface area contributed by atoms with Crippen molar-refractivity contribution in [2.75, 3.05) is 13.1 Å². The molecule has 1 unspecified atom stereocenters. The van der Waals surface area contributed by atoms with Crippen molar-refractivity contribution in [2.24, 2.45) is 5.92 Å². The molecule has 3 fully saturated rings. The van der Waals surface area contributed by atoms with Gasteiger partial charge in [-0.15, -0.1) is 0 Å². The Morgan fingerprint density at radius 2 is 2.08 bits per heavy atom. The molecule has 0 amide bonds. The number of piperidine rings is 3. The quantitative estimate of drug-likeness (QED) is 0.620. The summed E-state index contributed by atoms with van der Waals surface area (Å²) in [7, 11) is 0. The summed E-state index contributed by atoms with van der Waals surface area (Å²) < 4.78 is 0. The van der Waals surface area contributed by atoms with Gasteiger partial charge in [0.15, 0.2) is 5.12 Å². The minimum Gasteiger partial charge on any atom is -0.291 e. The minimum atomic E-state index is 0.271. The molecule has 0 aromatic carbocycles. The van der Waals surface area contributed by atoms with Gasteiger partial charge in [-0.3, -0.25) is 9.69 Å². The van der Waals surface area contributed by atoms with Crippen molar-refractivity contribution in [3.63, 3.8) is 0 Å². The average molecular weight is 185 g/mol. The van der Waals surface area contributed by atoms with Crippen LogP contribution in [-0.4, -0.2) is 28.5 Å². The summed E-state index contributed by atoms with van der Waals surface area (Å²) in [6.07, 6.45) is 3.95. The van der Waals surface area contributed by atoms with Crippen LogP contribution >= 0.6 is 11.8 Å². The normalized spacial score (nSPS) is 39.9. The number of carbonyl (C=O) groups is 1. The molecule has 0 N–H and O–H groups in total. The zero-order valence-corrected chi connectivity index (χ0v) is 8.27. The topological polar surface area (TPSA) is 20.3 Å². The Labute approximate surface area is 77.7 Å². The molecule has 3 heteroatoms. The Morgan fingerprint density at radius 3 is 2.50 bits per heavy atom.